The highest BCUT2D eigenvalue weighted by molar-refractivity contribution is 6.77. The van der Waals surface area contributed by atoms with Gasteiger partial charge >= 0.3 is 0 Å². The SMILES string of the molecule is CB1CC=C(C)B(C)C(C)=C1C. The molecule has 0 saturated heterocycles. The zero-order chi connectivity index (χ0) is 9.30. The molecule has 0 aromatic rings. The van der Waals surface area contributed by atoms with E-state index in [0.717, 1.165) is 6.71 Å². The lowest BCUT2D eigenvalue weighted by atomic mass is 9.37. The third-order valence-electron chi connectivity index (χ3n) is 3.49. The van der Waals surface area contributed by atoms with Crippen LogP contribution < -0.4 is 0 Å². The van der Waals surface area contributed by atoms with E-state index in [4.69, 9.17) is 0 Å². The first-order valence-corrected chi connectivity index (χ1v) is 4.88. The van der Waals surface area contributed by atoms with Gasteiger partial charge in [-0.25, -0.2) is 0 Å². The van der Waals surface area contributed by atoms with Crippen molar-refractivity contribution in [1.29, 1.82) is 0 Å². The van der Waals surface area contributed by atoms with Gasteiger partial charge in [0, 0.05) is 0 Å². The van der Waals surface area contributed by atoms with Gasteiger partial charge in [0.05, 0.1) is 0 Å². The Bertz CT molecular complexity index is 238. The third-order valence-corrected chi connectivity index (χ3v) is 3.49. The average molecular weight is 160 g/mol. The maximum atomic E-state index is 2.40. The van der Waals surface area contributed by atoms with E-state index in [9.17, 15) is 0 Å². The molecule has 0 N–H and O–H groups in total. The fourth-order valence-corrected chi connectivity index (χ4v) is 1.79. The monoisotopic (exact) mass is 160 g/mol. The molecule has 0 aromatic carbocycles. The van der Waals surface area contributed by atoms with E-state index in [-0.39, 0.29) is 0 Å². The van der Waals surface area contributed by atoms with E-state index in [2.05, 4.69) is 40.5 Å². The van der Waals surface area contributed by atoms with Crippen LogP contribution >= 0.6 is 0 Å². The van der Waals surface area contributed by atoms with E-state index in [1.54, 1.807) is 10.9 Å². The van der Waals surface area contributed by atoms with Crippen LogP contribution in [-0.4, -0.2) is 13.4 Å². The van der Waals surface area contributed by atoms with Crippen molar-refractivity contribution in [2.75, 3.05) is 0 Å². The Balaban J connectivity index is 3.02. The largest absolute Gasteiger partial charge is 0.194 e. The van der Waals surface area contributed by atoms with Crippen molar-refractivity contribution >= 4 is 13.4 Å². The van der Waals surface area contributed by atoms with Crippen LogP contribution in [-0.2, 0) is 0 Å². The zero-order valence-corrected chi connectivity index (χ0v) is 8.94. The lowest BCUT2D eigenvalue weighted by molar-refractivity contribution is 1.46. The molecule has 0 nitrogen and oxygen atoms in total. The van der Waals surface area contributed by atoms with Gasteiger partial charge in [0.15, 0.2) is 13.4 Å². The van der Waals surface area contributed by atoms with E-state index in [1.807, 2.05) is 0 Å². The number of allylic oxidation sites excluding steroid dienone is 4. The van der Waals surface area contributed by atoms with Crippen LogP contribution in [0.15, 0.2) is 22.5 Å². The summed E-state index contributed by atoms with van der Waals surface area (Å²) in [6, 6.07) is 0. The Hall–Kier alpha value is -0.390. The second kappa shape index (κ2) is 3.55. The van der Waals surface area contributed by atoms with Crippen LogP contribution in [0.2, 0.25) is 20.0 Å². The zero-order valence-electron chi connectivity index (χ0n) is 8.94. The second-order valence-electron chi connectivity index (χ2n) is 4.17. The lowest BCUT2D eigenvalue weighted by Gasteiger charge is -2.12. The van der Waals surface area contributed by atoms with Gasteiger partial charge < -0.3 is 0 Å². The van der Waals surface area contributed by atoms with Gasteiger partial charge in [0.25, 0.3) is 0 Å². The van der Waals surface area contributed by atoms with E-state index < -0.39 is 0 Å². The molecule has 12 heavy (non-hydrogen) atoms. The molecule has 0 amide bonds. The molecule has 0 spiro atoms. The van der Waals surface area contributed by atoms with Gasteiger partial charge in [0.2, 0.25) is 0 Å². The van der Waals surface area contributed by atoms with E-state index in [1.165, 1.54) is 11.8 Å². The van der Waals surface area contributed by atoms with Crippen molar-refractivity contribution in [2.24, 2.45) is 0 Å². The van der Waals surface area contributed by atoms with Crippen molar-refractivity contribution in [2.45, 2.75) is 40.7 Å². The summed E-state index contributed by atoms with van der Waals surface area (Å²) in [7, 11) is 0. The van der Waals surface area contributed by atoms with Crippen molar-refractivity contribution in [3.05, 3.63) is 22.5 Å². The predicted octanol–water partition coefficient (Wildman–Crippen LogP) is 3.15. The third kappa shape index (κ3) is 1.68. The number of rotatable bonds is 0. The van der Waals surface area contributed by atoms with Crippen LogP contribution in [0.3, 0.4) is 0 Å². The molecule has 1 heterocycles. The quantitative estimate of drug-likeness (QED) is 0.477. The van der Waals surface area contributed by atoms with Crippen molar-refractivity contribution in [3.63, 3.8) is 0 Å². The Morgan fingerprint density at radius 1 is 1.08 bits per heavy atom. The fraction of sp³-hybridized carbons (Fsp3) is 0.600. The van der Waals surface area contributed by atoms with Crippen LogP contribution in [0.25, 0.3) is 0 Å². The molecular formula is C10H18B2. The van der Waals surface area contributed by atoms with Gasteiger partial charge in [-0.2, -0.15) is 0 Å². The van der Waals surface area contributed by atoms with E-state index >= 15 is 0 Å². The summed E-state index contributed by atoms with van der Waals surface area (Å²) >= 11 is 0. The molecular weight excluding hydrogens is 142 g/mol. The number of hydrogen-bond donors (Lipinski definition) is 0. The van der Waals surface area contributed by atoms with Crippen LogP contribution in [0.1, 0.15) is 20.8 Å². The molecule has 0 aliphatic carbocycles. The maximum Gasteiger partial charge on any atom is 0.194 e. The Labute approximate surface area is 77.3 Å². The van der Waals surface area contributed by atoms with Crippen LogP contribution in [0.4, 0.5) is 0 Å². The topological polar surface area (TPSA) is 0 Å². The molecule has 64 valence electrons. The molecule has 1 rings (SSSR count). The minimum absolute atomic E-state index is 0.662. The normalized spacial score (nSPS) is 19.6. The standard InChI is InChI=1S/C10H18B2/c1-8-6-7-11(4)9(2)10(3)12(8)5/h6H,7H2,1-5H3. The summed E-state index contributed by atoms with van der Waals surface area (Å²) in [5, 5.41) is 0. The average Bonchev–Trinajstić information content (AvgIpc) is 2.14. The minimum atomic E-state index is 0.662. The van der Waals surface area contributed by atoms with Gasteiger partial charge in [-0.3, -0.25) is 0 Å². The Kier molecular flexibility index (Phi) is 2.87. The molecule has 1 aliphatic rings. The summed E-state index contributed by atoms with van der Waals surface area (Å²) in [5.74, 6) is 0. The van der Waals surface area contributed by atoms with Gasteiger partial charge in [-0.15, -0.1) is 22.5 Å². The molecule has 0 atom stereocenters. The van der Waals surface area contributed by atoms with Gasteiger partial charge in [0.1, 0.15) is 0 Å². The Morgan fingerprint density at radius 2 is 1.67 bits per heavy atom. The first-order valence-electron chi connectivity index (χ1n) is 4.88. The molecule has 0 aromatic heterocycles. The molecule has 0 saturated carbocycles. The molecule has 1 aliphatic heterocycles. The summed E-state index contributed by atoms with van der Waals surface area (Å²) in [5.41, 5.74) is 4.71. The lowest BCUT2D eigenvalue weighted by Crippen LogP contribution is -2.15. The van der Waals surface area contributed by atoms with Crippen molar-refractivity contribution in [1.82, 2.24) is 0 Å². The molecule has 0 bridgehead atoms. The highest BCUT2D eigenvalue weighted by atomic mass is 13.9. The van der Waals surface area contributed by atoms with Crippen LogP contribution in [0.5, 0.6) is 0 Å². The Morgan fingerprint density at radius 3 is 2.25 bits per heavy atom. The number of hydrogen-bond acceptors (Lipinski definition) is 0. The fourth-order valence-electron chi connectivity index (χ4n) is 1.79. The molecule has 2 heteroatoms. The van der Waals surface area contributed by atoms with Crippen LogP contribution in [0, 0.1) is 0 Å². The maximum absolute atomic E-state index is 2.40. The minimum Gasteiger partial charge on any atom is -0.113 e. The molecule has 0 fully saturated rings. The van der Waals surface area contributed by atoms with E-state index in [0.29, 0.717) is 6.71 Å². The highest BCUT2D eigenvalue weighted by Gasteiger charge is 2.20. The summed E-state index contributed by atoms with van der Waals surface area (Å²) < 4.78 is 0. The van der Waals surface area contributed by atoms with Gasteiger partial charge in [-0.1, -0.05) is 40.7 Å². The molecule has 0 unspecified atom stereocenters. The summed E-state index contributed by atoms with van der Waals surface area (Å²) in [6.45, 7) is 12.8. The summed E-state index contributed by atoms with van der Waals surface area (Å²) in [4.78, 5) is 0. The van der Waals surface area contributed by atoms with Crippen molar-refractivity contribution < 1.29 is 0 Å². The molecule has 0 radical (unpaired) electrons. The van der Waals surface area contributed by atoms with Gasteiger partial charge in [-0.05, 0) is 0 Å². The first-order chi connectivity index (χ1) is 5.54. The predicted molar refractivity (Wildman–Crippen MR) is 60.2 cm³/mol. The first kappa shape index (κ1) is 9.70. The van der Waals surface area contributed by atoms with Crippen molar-refractivity contribution in [3.8, 4) is 0 Å². The highest BCUT2D eigenvalue weighted by Crippen LogP contribution is 2.22. The smallest absolute Gasteiger partial charge is 0.113 e. The summed E-state index contributed by atoms with van der Waals surface area (Å²) in [6.07, 6.45) is 3.62. The second-order valence-corrected chi connectivity index (χ2v) is 4.17.